The van der Waals surface area contributed by atoms with Crippen molar-refractivity contribution in [2.75, 3.05) is 26.2 Å². The molecule has 3 N–H and O–H groups in total. The van der Waals surface area contributed by atoms with E-state index in [0.29, 0.717) is 30.3 Å². The molecule has 2 aliphatic heterocycles. The van der Waals surface area contributed by atoms with Crippen molar-refractivity contribution in [2.45, 2.75) is 45.1 Å². The molecule has 19 heavy (non-hydrogen) atoms. The molecule has 2 saturated heterocycles. The number of fused-ring (bicyclic) bond motifs is 1. The minimum Gasteiger partial charge on any atom is -0.339 e. The molecule has 0 bridgehead atoms. The summed E-state index contributed by atoms with van der Waals surface area (Å²) in [4.78, 5) is 15.3. The molecule has 1 amide bonds. The maximum Gasteiger partial charge on any atom is 0.230 e. The molecule has 3 fully saturated rings. The third-order valence-electron chi connectivity index (χ3n) is 5.72. The van der Waals surface area contributed by atoms with Crippen molar-refractivity contribution in [2.24, 2.45) is 23.0 Å². The smallest absolute Gasteiger partial charge is 0.230 e. The molecule has 0 spiro atoms. The van der Waals surface area contributed by atoms with Gasteiger partial charge in [-0.3, -0.25) is 4.79 Å². The molecule has 4 nitrogen and oxygen atoms in total. The molecule has 3 aliphatic rings. The molecular weight excluding hydrogens is 238 g/mol. The van der Waals surface area contributed by atoms with Crippen LogP contribution in [0.5, 0.6) is 0 Å². The van der Waals surface area contributed by atoms with Gasteiger partial charge in [-0.05, 0) is 51.1 Å². The molecule has 1 aliphatic carbocycles. The van der Waals surface area contributed by atoms with Gasteiger partial charge in [-0.2, -0.15) is 0 Å². The van der Waals surface area contributed by atoms with E-state index in [1.807, 2.05) is 0 Å². The van der Waals surface area contributed by atoms with E-state index in [1.54, 1.807) is 0 Å². The SMILES string of the molecule is CC1CC(CN)CN1C(=O)[C@@]12CCCC[C@H]1CNC2. The van der Waals surface area contributed by atoms with Crippen LogP contribution in [0.25, 0.3) is 0 Å². The molecule has 3 rings (SSSR count). The van der Waals surface area contributed by atoms with E-state index in [9.17, 15) is 4.79 Å². The first-order valence-corrected chi connectivity index (χ1v) is 7.89. The topological polar surface area (TPSA) is 58.4 Å². The fourth-order valence-corrected chi connectivity index (χ4v) is 4.55. The Kier molecular flexibility index (Phi) is 3.56. The summed E-state index contributed by atoms with van der Waals surface area (Å²) in [6.45, 7) is 5.71. The number of nitrogens with one attached hydrogen (secondary N) is 1. The first-order chi connectivity index (χ1) is 9.17. The van der Waals surface area contributed by atoms with Crippen molar-refractivity contribution in [3.05, 3.63) is 0 Å². The number of likely N-dealkylation sites (tertiary alicyclic amines) is 1. The second kappa shape index (κ2) is 5.06. The second-order valence-corrected chi connectivity index (χ2v) is 6.87. The normalized spacial score (nSPS) is 42.4. The molecule has 0 radical (unpaired) electrons. The van der Waals surface area contributed by atoms with Crippen LogP contribution >= 0.6 is 0 Å². The lowest BCUT2D eigenvalue weighted by Gasteiger charge is -2.41. The van der Waals surface area contributed by atoms with Crippen LogP contribution in [0.4, 0.5) is 0 Å². The lowest BCUT2D eigenvalue weighted by molar-refractivity contribution is -0.146. The first kappa shape index (κ1) is 13.4. The highest BCUT2D eigenvalue weighted by Gasteiger charge is 2.52. The van der Waals surface area contributed by atoms with Crippen LogP contribution in [0.2, 0.25) is 0 Å². The summed E-state index contributed by atoms with van der Waals surface area (Å²) in [5.74, 6) is 1.50. The van der Waals surface area contributed by atoms with Gasteiger partial charge in [0.2, 0.25) is 5.91 Å². The van der Waals surface area contributed by atoms with E-state index in [2.05, 4.69) is 17.1 Å². The monoisotopic (exact) mass is 265 g/mol. The highest BCUT2D eigenvalue weighted by Crippen LogP contribution is 2.46. The van der Waals surface area contributed by atoms with Crippen molar-refractivity contribution in [1.82, 2.24) is 10.2 Å². The lowest BCUT2D eigenvalue weighted by Crippen LogP contribution is -2.50. The van der Waals surface area contributed by atoms with E-state index in [0.717, 1.165) is 32.5 Å². The van der Waals surface area contributed by atoms with Gasteiger partial charge < -0.3 is 16.0 Å². The number of nitrogens with zero attached hydrogens (tertiary/aromatic N) is 1. The number of hydrogen-bond donors (Lipinski definition) is 2. The Balaban J connectivity index is 1.79. The van der Waals surface area contributed by atoms with Crippen LogP contribution in [0, 0.1) is 17.3 Å². The highest BCUT2D eigenvalue weighted by molar-refractivity contribution is 5.84. The van der Waals surface area contributed by atoms with E-state index >= 15 is 0 Å². The molecule has 4 heteroatoms. The average molecular weight is 265 g/mol. The van der Waals surface area contributed by atoms with Crippen molar-refractivity contribution in [3.63, 3.8) is 0 Å². The Morgan fingerprint density at radius 2 is 2.32 bits per heavy atom. The summed E-state index contributed by atoms with van der Waals surface area (Å²) in [6, 6.07) is 0.374. The second-order valence-electron chi connectivity index (χ2n) is 6.87. The fourth-order valence-electron chi connectivity index (χ4n) is 4.55. The van der Waals surface area contributed by atoms with Crippen LogP contribution in [0.15, 0.2) is 0 Å². The van der Waals surface area contributed by atoms with E-state index < -0.39 is 0 Å². The Morgan fingerprint density at radius 3 is 3.05 bits per heavy atom. The van der Waals surface area contributed by atoms with Gasteiger partial charge >= 0.3 is 0 Å². The standard InChI is InChI=1S/C15H27N3O/c1-11-6-12(7-16)9-18(11)14(19)15-5-3-2-4-13(15)8-17-10-15/h11-13,17H,2-10,16H2,1H3/t11?,12?,13-,15+/m0/s1. The van der Waals surface area contributed by atoms with Gasteiger partial charge in [0.1, 0.15) is 0 Å². The molecule has 108 valence electrons. The average Bonchev–Trinajstić information content (AvgIpc) is 3.01. The number of carbonyl (C=O) groups excluding carboxylic acids is 1. The van der Waals surface area contributed by atoms with E-state index in [4.69, 9.17) is 5.73 Å². The van der Waals surface area contributed by atoms with Crippen LogP contribution in [-0.4, -0.2) is 43.0 Å². The number of nitrogens with two attached hydrogens (primary N) is 1. The third-order valence-corrected chi connectivity index (χ3v) is 5.72. The third kappa shape index (κ3) is 2.09. The molecule has 2 heterocycles. The summed E-state index contributed by atoms with van der Waals surface area (Å²) < 4.78 is 0. The lowest BCUT2D eigenvalue weighted by atomic mass is 9.67. The van der Waals surface area contributed by atoms with Crippen LogP contribution in [-0.2, 0) is 4.79 Å². The minimum atomic E-state index is -0.0873. The van der Waals surface area contributed by atoms with Gasteiger partial charge in [0, 0.05) is 19.1 Å². The van der Waals surface area contributed by atoms with Gasteiger partial charge in [0.05, 0.1) is 5.41 Å². The number of hydrogen-bond acceptors (Lipinski definition) is 3. The van der Waals surface area contributed by atoms with Crippen LogP contribution in [0.1, 0.15) is 39.0 Å². The van der Waals surface area contributed by atoms with Gasteiger partial charge in [-0.15, -0.1) is 0 Å². The molecule has 0 aromatic rings. The van der Waals surface area contributed by atoms with Gasteiger partial charge in [0.25, 0.3) is 0 Å². The van der Waals surface area contributed by atoms with E-state index in [1.165, 1.54) is 19.3 Å². The number of rotatable bonds is 2. The van der Waals surface area contributed by atoms with Crippen molar-refractivity contribution < 1.29 is 4.79 Å². The van der Waals surface area contributed by atoms with Crippen molar-refractivity contribution in [3.8, 4) is 0 Å². The van der Waals surface area contributed by atoms with Gasteiger partial charge in [0.15, 0.2) is 0 Å². The van der Waals surface area contributed by atoms with Crippen molar-refractivity contribution in [1.29, 1.82) is 0 Å². The zero-order chi connectivity index (χ0) is 13.5. The molecule has 1 saturated carbocycles. The van der Waals surface area contributed by atoms with E-state index in [-0.39, 0.29) is 5.41 Å². The summed E-state index contributed by atoms with van der Waals surface area (Å²) in [5.41, 5.74) is 5.70. The largest absolute Gasteiger partial charge is 0.339 e. The van der Waals surface area contributed by atoms with Crippen LogP contribution < -0.4 is 11.1 Å². The number of amides is 1. The Labute approximate surface area is 116 Å². The quantitative estimate of drug-likeness (QED) is 0.782. The molecule has 0 aromatic carbocycles. The first-order valence-electron chi connectivity index (χ1n) is 7.89. The predicted molar refractivity (Wildman–Crippen MR) is 75.6 cm³/mol. The maximum atomic E-state index is 13.1. The summed E-state index contributed by atoms with van der Waals surface area (Å²) in [6.07, 6.45) is 5.90. The molecule has 2 unspecified atom stereocenters. The summed E-state index contributed by atoms with van der Waals surface area (Å²) in [5, 5.41) is 3.48. The number of carbonyl (C=O) groups is 1. The Hall–Kier alpha value is -0.610. The molecule has 0 aromatic heterocycles. The highest BCUT2D eigenvalue weighted by atomic mass is 16.2. The van der Waals surface area contributed by atoms with Gasteiger partial charge in [-0.25, -0.2) is 0 Å². The molecule has 4 atom stereocenters. The zero-order valence-corrected chi connectivity index (χ0v) is 12.0. The zero-order valence-electron chi connectivity index (χ0n) is 12.0. The predicted octanol–water partition coefficient (Wildman–Crippen LogP) is 0.962. The minimum absolute atomic E-state index is 0.0873. The van der Waals surface area contributed by atoms with Crippen molar-refractivity contribution >= 4 is 5.91 Å². The maximum absolute atomic E-state index is 13.1. The van der Waals surface area contributed by atoms with Gasteiger partial charge in [-0.1, -0.05) is 12.8 Å². The Morgan fingerprint density at radius 1 is 1.47 bits per heavy atom. The summed E-state index contributed by atoms with van der Waals surface area (Å²) >= 11 is 0. The molecular formula is C15H27N3O. The fraction of sp³-hybridized carbons (Fsp3) is 0.933. The van der Waals surface area contributed by atoms with Crippen LogP contribution in [0.3, 0.4) is 0 Å². The Bertz CT molecular complexity index is 359. The summed E-state index contributed by atoms with van der Waals surface area (Å²) in [7, 11) is 0.